The van der Waals surface area contributed by atoms with Gasteiger partial charge < -0.3 is 14.6 Å². The third kappa shape index (κ3) is 3.24. The Labute approximate surface area is 134 Å². The molecule has 0 radical (unpaired) electrons. The van der Waals surface area contributed by atoms with Crippen LogP contribution in [0.3, 0.4) is 0 Å². The van der Waals surface area contributed by atoms with Gasteiger partial charge in [0.2, 0.25) is 5.89 Å². The first-order valence-electron chi connectivity index (χ1n) is 7.37. The van der Waals surface area contributed by atoms with Crippen LogP contribution in [0.25, 0.3) is 5.69 Å². The summed E-state index contributed by atoms with van der Waals surface area (Å²) < 4.78 is 12.1. The summed E-state index contributed by atoms with van der Waals surface area (Å²) in [6.07, 6.45) is 1.80. The molecule has 7 nitrogen and oxygen atoms in total. The quantitative estimate of drug-likeness (QED) is 0.754. The fourth-order valence-corrected chi connectivity index (χ4v) is 2.31. The fourth-order valence-electron chi connectivity index (χ4n) is 2.31. The van der Waals surface area contributed by atoms with Crippen LogP contribution in [0.1, 0.15) is 30.4 Å². The van der Waals surface area contributed by atoms with Crippen molar-refractivity contribution in [2.75, 3.05) is 12.4 Å². The smallest absolute Gasteiger partial charge is 0.248 e. The summed E-state index contributed by atoms with van der Waals surface area (Å²) >= 11 is 0. The lowest BCUT2D eigenvalue weighted by molar-refractivity contribution is 0.174. The summed E-state index contributed by atoms with van der Waals surface area (Å²) in [4.78, 5) is 4.30. The summed E-state index contributed by atoms with van der Waals surface area (Å²) in [7, 11) is 1.60. The molecule has 0 amide bonds. The lowest BCUT2D eigenvalue weighted by atomic mass is 10.3. The normalized spacial score (nSPS) is 12.3. The van der Waals surface area contributed by atoms with Gasteiger partial charge in [-0.3, -0.25) is 0 Å². The zero-order valence-electron chi connectivity index (χ0n) is 13.4. The highest BCUT2D eigenvalue weighted by Crippen LogP contribution is 2.23. The number of rotatable bonds is 6. The molecule has 23 heavy (non-hydrogen) atoms. The first-order valence-corrected chi connectivity index (χ1v) is 7.37. The highest BCUT2D eigenvalue weighted by atomic mass is 16.5. The zero-order chi connectivity index (χ0) is 16.2. The third-order valence-electron chi connectivity index (χ3n) is 3.51. The van der Waals surface area contributed by atoms with Crippen LogP contribution in [0.4, 0.5) is 5.69 Å². The van der Waals surface area contributed by atoms with Gasteiger partial charge in [-0.1, -0.05) is 23.4 Å². The molecule has 0 bridgehead atoms. The van der Waals surface area contributed by atoms with E-state index in [1.807, 2.05) is 48.9 Å². The summed E-state index contributed by atoms with van der Waals surface area (Å²) in [5, 5.41) is 11.7. The van der Waals surface area contributed by atoms with E-state index in [-0.39, 0.29) is 6.04 Å². The molecule has 7 heteroatoms. The summed E-state index contributed by atoms with van der Waals surface area (Å²) in [6, 6.07) is 9.87. The summed E-state index contributed by atoms with van der Waals surface area (Å²) in [6.45, 7) is 4.31. The first kappa shape index (κ1) is 15.2. The minimum atomic E-state index is -0.125. The molecule has 0 aliphatic heterocycles. The highest BCUT2D eigenvalue weighted by molar-refractivity contribution is 5.50. The van der Waals surface area contributed by atoms with E-state index in [9.17, 15) is 0 Å². The number of nitrogens with zero attached hydrogens (tertiary/aromatic N) is 4. The molecule has 1 N–H and O–H groups in total. The Morgan fingerprint density at radius 3 is 2.83 bits per heavy atom. The van der Waals surface area contributed by atoms with Crippen LogP contribution in [0, 0.1) is 6.92 Å². The number of benzene rings is 1. The van der Waals surface area contributed by atoms with E-state index in [4.69, 9.17) is 9.26 Å². The van der Waals surface area contributed by atoms with Crippen molar-refractivity contribution in [3.8, 4) is 5.69 Å². The molecule has 0 aliphatic carbocycles. The molecule has 1 aromatic carbocycles. The number of aromatic nitrogens is 4. The number of anilines is 1. The van der Waals surface area contributed by atoms with Crippen molar-refractivity contribution in [1.82, 2.24) is 19.9 Å². The Kier molecular flexibility index (Phi) is 4.38. The second kappa shape index (κ2) is 6.62. The minimum absolute atomic E-state index is 0.125. The average Bonchev–Trinajstić information content (AvgIpc) is 3.17. The minimum Gasteiger partial charge on any atom is -0.377 e. The van der Waals surface area contributed by atoms with Crippen molar-refractivity contribution in [1.29, 1.82) is 0 Å². The van der Waals surface area contributed by atoms with Crippen molar-refractivity contribution < 1.29 is 9.26 Å². The molecule has 3 rings (SSSR count). The summed E-state index contributed by atoms with van der Waals surface area (Å²) in [5.41, 5.74) is 2.96. The Morgan fingerprint density at radius 1 is 1.30 bits per heavy atom. The van der Waals surface area contributed by atoms with Crippen LogP contribution >= 0.6 is 0 Å². The van der Waals surface area contributed by atoms with Crippen LogP contribution in [-0.2, 0) is 11.3 Å². The number of para-hydroxylation sites is 1. The van der Waals surface area contributed by atoms with Crippen molar-refractivity contribution in [2.45, 2.75) is 26.5 Å². The van der Waals surface area contributed by atoms with E-state index in [1.54, 1.807) is 13.3 Å². The van der Waals surface area contributed by atoms with Gasteiger partial charge >= 0.3 is 0 Å². The predicted molar refractivity (Wildman–Crippen MR) is 85.3 cm³/mol. The SMILES string of the molecule is COCc1noc([C@@H](C)Nc2cnn(-c3ccccc3)c2C)n1. The molecule has 0 saturated carbocycles. The Balaban J connectivity index is 1.76. The zero-order valence-corrected chi connectivity index (χ0v) is 13.4. The van der Waals surface area contributed by atoms with Gasteiger partial charge in [0.1, 0.15) is 12.6 Å². The molecular weight excluding hydrogens is 294 g/mol. The van der Waals surface area contributed by atoms with Gasteiger partial charge in [0.25, 0.3) is 0 Å². The lowest BCUT2D eigenvalue weighted by Crippen LogP contribution is -2.08. The van der Waals surface area contributed by atoms with Gasteiger partial charge in [0.05, 0.1) is 23.3 Å². The Bertz CT molecular complexity index is 766. The number of hydrogen-bond donors (Lipinski definition) is 1. The van der Waals surface area contributed by atoms with Gasteiger partial charge in [-0.2, -0.15) is 10.1 Å². The fraction of sp³-hybridized carbons (Fsp3) is 0.312. The van der Waals surface area contributed by atoms with Crippen LogP contribution < -0.4 is 5.32 Å². The highest BCUT2D eigenvalue weighted by Gasteiger charge is 2.17. The largest absolute Gasteiger partial charge is 0.377 e. The predicted octanol–water partition coefficient (Wildman–Crippen LogP) is 2.88. The average molecular weight is 313 g/mol. The molecule has 0 aliphatic rings. The lowest BCUT2D eigenvalue weighted by Gasteiger charge is -2.11. The Hall–Kier alpha value is -2.67. The number of methoxy groups -OCH3 is 1. The number of hydrogen-bond acceptors (Lipinski definition) is 6. The van der Waals surface area contributed by atoms with Crippen molar-refractivity contribution in [2.24, 2.45) is 0 Å². The third-order valence-corrected chi connectivity index (χ3v) is 3.51. The second-order valence-corrected chi connectivity index (χ2v) is 5.24. The van der Waals surface area contributed by atoms with Crippen molar-refractivity contribution in [3.05, 3.63) is 53.9 Å². The van der Waals surface area contributed by atoms with Gasteiger partial charge in [-0.25, -0.2) is 4.68 Å². The van der Waals surface area contributed by atoms with E-state index >= 15 is 0 Å². The van der Waals surface area contributed by atoms with Crippen LogP contribution in [0.15, 0.2) is 41.1 Å². The standard InChI is InChI=1S/C16H19N5O2/c1-11(16-19-15(10-22-3)20-23-16)18-14-9-17-21(12(14)2)13-7-5-4-6-8-13/h4-9,11,18H,10H2,1-3H3/t11-/m1/s1. The topological polar surface area (TPSA) is 78.0 Å². The van der Waals surface area contributed by atoms with E-state index in [1.165, 1.54) is 0 Å². The van der Waals surface area contributed by atoms with E-state index in [0.717, 1.165) is 17.1 Å². The van der Waals surface area contributed by atoms with Crippen LogP contribution in [0.5, 0.6) is 0 Å². The van der Waals surface area contributed by atoms with Gasteiger partial charge in [0, 0.05) is 7.11 Å². The molecule has 2 heterocycles. The van der Waals surface area contributed by atoms with Crippen molar-refractivity contribution >= 4 is 5.69 Å². The molecule has 0 unspecified atom stereocenters. The first-order chi connectivity index (χ1) is 11.2. The second-order valence-electron chi connectivity index (χ2n) is 5.24. The van der Waals surface area contributed by atoms with Crippen LogP contribution in [-0.4, -0.2) is 27.0 Å². The Morgan fingerprint density at radius 2 is 2.09 bits per heavy atom. The van der Waals surface area contributed by atoms with Crippen LogP contribution in [0.2, 0.25) is 0 Å². The maximum atomic E-state index is 5.25. The molecule has 0 spiro atoms. The van der Waals surface area contributed by atoms with E-state index in [2.05, 4.69) is 20.6 Å². The van der Waals surface area contributed by atoms with Gasteiger partial charge in [-0.15, -0.1) is 0 Å². The van der Waals surface area contributed by atoms with Gasteiger partial charge in [0.15, 0.2) is 5.82 Å². The molecule has 2 aromatic heterocycles. The molecule has 120 valence electrons. The maximum absolute atomic E-state index is 5.25. The molecular formula is C16H19N5O2. The number of nitrogens with one attached hydrogen (secondary N) is 1. The van der Waals surface area contributed by atoms with Crippen molar-refractivity contribution in [3.63, 3.8) is 0 Å². The van der Waals surface area contributed by atoms with E-state index in [0.29, 0.717) is 18.3 Å². The van der Waals surface area contributed by atoms with E-state index < -0.39 is 0 Å². The molecule has 3 aromatic rings. The maximum Gasteiger partial charge on any atom is 0.248 e. The monoisotopic (exact) mass is 313 g/mol. The molecule has 0 fully saturated rings. The number of ether oxygens (including phenoxy) is 1. The summed E-state index contributed by atoms with van der Waals surface area (Å²) in [5.74, 6) is 1.05. The molecule has 0 saturated heterocycles. The van der Waals surface area contributed by atoms with Gasteiger partial charge in [-0.05, 0) is 26.0 Å². The molecule has 1 atom stereocenters.